The largest absolute Gasteiger partial charge is 0.361 e. The zero-order valence-corrected chi connectivity index (χ0v) is 12.8. The molecule has 2 N–H and O–H groups in total. The highest BCUT2D eigenvalue weighted by molar-refractivity contribution is 6.31. The Bertz CT molecular complexity index is 988. The molecule has 22 heavy (non-hydrogen) atoms. The van der Waals surface area contributed by atoms with E-state index in [-0.39, 0.29) is 0 Å². The Morgan fingerprint density at radius 2 is 1.95 bits per heavy atom. The van der Waals surface area contributed by atoms with Gasteiger partial charge in [0.25, 0.3) is 0 Å². The third-order valence-electron chi connectivity index (χ3n) is 3.81. The highest BCUT2D eigenvalue weighted by atomic mass is 35.5. The predicted molar refractivity (Wildman–Crippen MR) is 93.1 cm³/mol. The number of anilines is 2. The van der Waals surface area contributed by atoms with E-state index in [1.165, 1.54) is 5.39 Å². The van der Waals surface area contributed by atoms with Gasteiger partial charge in [-0.3, -0.25) is 0 Å². The van der Waals surface area contributed by atoms with E-state index < -0.39 is 0 Å². The second kappa shape index (κ2) is 5.04. The standard InChI is InChI=1S/C18H14ClN3/c1-11-8-13(19)9-17-15(11)4-5-18(22-17)21-14-3-2-12-6-7-20-16(12)10-14/h2-10,20H,1H3,(H,21,22). The van der Waals surface area contributed by atoms with E-state index in [1.54, 1.807) is 0 Å². The van der Waals surface area contributed by atoms with Crippen molar-refractivity contribution in [3.63, 3.8) is 0 Å². The molecule has 0 atom stereocenters. The summed E-state index contributed by atoms with van der Waals surface area (Å²) in [5.74, 6) is 0.806. The second-order valence-electron chi connectivity index (χ2n) is 5.39. The Labute approximate surface area is 132 Å². The Kier molecular flexibility index (Phi) is 3.01. The molecule has 2 aromatic carbocycles. The average Bonchev–Trinajstić information content (AvgIpc) is 2.94. The topological polar surface area (TPSA) is 40.7 Å². The lowest BCUT2D eigenvalue weighted by molar-refractivity contribution is 1.36. The average molecular weight is 308 g/mol. The molecule has 3 nitrogen and oxygen atoms in total. The van der Waals surface area contributed by atoms with E-state index in [4.69, 9.17) is 11.6 Å². The first-order valence-electron chi connectivity index (χ1n) is 7.10. The summed E-state index contributed by atoms with van der Waals surface area (Å²) in [4.78, 5) is 7.87. The number of aromatic amines is 1. The first-order valence-corrected chi connectivity index (χ1v) is 7.48. The third kappa shape index (κ3) is 2.30. The number of H-pyrrole nitrogens is 1. The van der Waals surface area contributed by atoms with Gasteiger partial charge in [0.05, 0.1) is 5.52 Å². The van der Waals surface area contributed by atoms with Gasteiger partial charge in [0.15, 0.2) is 0 Å². The van der Waals surface area contributed by atoms with Gasteiger partial charge < -0.3 is 10.3 Å². The highest BCUT2D eigenvalue weighted by Crippen LogP contribution is 2.26. The monoisotopic (exact) mass is 307 g/mol. The molecule has 0 bridgehead atoms. The fourth-order valence-electron chi connectivity index (χ4n) is 2.72. The van der Waals surface area contributed by atoms with Crippen molar-refractivity contribution >= 4 is 44.9 Å². The number of aryl methyl sites for hydroxylation is 1. The Morgan fingerprint density at radius 3 is 2.86 bits per heavy atom. The van der Waals surface area contributed by atoms with Crippen LogP contribution in [0.15, 0.2) is 54.7 Å². The van der Waals surface area contributed by atoms with Crippen molar-refractivity contribution in [3.8, 4) is 0 Å². The van der Waals surface area contributed by atoms with Crippen LogP contribution in [0.5, 0.6) is 0 Å². The smallest absolute Gasteiger partial charge is 0.131 e. The Morgan fingerprint density at radius 1 is 1.05 bits per heavy atom. The predicted octanol–water partition coefficient (Wildman–Crippen LogP) is 5.42. The van der Waals surface area contributed by atoms with E-state index in [9.17, 15) is 0 Å². The van der Waals surface area contributed by atoms with Crippen molar-refractivity contribution in [2.45, 2.75) is 6.92 Å². The molecule has 0 unspecified atom stereocenters. The van der Waals surface area contributed by atoms with Gasteiger partial charge in [-0.05, 0) is 60.3 Å². The van der Waals surface area contributed by atoms with Crippen LogP contribution in [0, 0.1) is 6.92 Å². The van der Waals surface area contributed by atoms with Gasteiger partial charge in [-0.15, -0.1) is 0 Å². The van der Waals surface area contributed by atoms with Crippen molar-refractivity contribution in [2.24, 2.45) is 0 Å². The maximum Gasteiger partial charge on any atom is 0.131 e. The minimum absolute atomic E-state index is 0.711. The van der Waals surface area contributed by atoms with Crippen LogP contribution in [0.25, 0.3) is 21.8 Å². The zero-order valence-electron chi connectivity index (χ0n) is 12.0. The summed E-state index contributed by atoms with van der Waals surface area (Å²) < 4.78 is 0. The second-order valence-corrected chi connectivity index (χ2v) is 5.83. The number of nitrogens with one attached hydrogen (secondary N) is 2. The zero-order chi connectivity index (χ0) is 15.1. The summed E-state index contributed by atoms with van der Waals surface area (Å²) in [6.07, 6.45) is 1.94. The van der Waals surface area contributed by atoms with Gasteiger partial charge in [0.2, 0.25) is 0 Å². The van der Waals surface area contributed by atoms with E-state index >= 15 is 0 Å². The number of fused-ring (bicyclic) bond motifs is 2. The summed E-state index contributed by atoms with van der Waals surface area (Å²) >= 11 is 6.12. The van der Waals surface area contributed by atoms with Crippen LogP contribution in [0.4, 0.5) is 11.5 Å². The van der Waals surface area contributed by atoms with E-state index in [0.717, 1.165) is 33.5 Å². The lowest BCUT2D eigenvalue weighted by Crippen LogP contribution is -1.94. The molecule has 0 saturated heterocycles. The summed E-state index contributed by atoms with van der Waals surface area (Å²) in [6.45, 7) is 2.04. The quantitative estimate of drug-likeness (QED) is 0.519. The molecule has 108 valence electrons. The van der Waals surface area contributed by atoms with Gasteiger partial charge in [-0.2, -0.15) is 0 Å². The molecule has 4 rings (SSSR count). The van der Waals surface area contributed by atoms with Crippen molar-refractivity contribution < 1.29 is 0 Å². The molecule has 0 amide bonds. The van der Waals surface area contributed by atoms with Gasteiger partial charge in [0, 0.05) is 27.8 Å². The number of pyridine rings is 1. The van der Waals surface area contributed by atoms with Crippen LogP contribution in [0.3, 0.4) is 0 Å². The number of aromatic nitrogens is 2. The number of benzene rings is 2. The van der Waals surface area contributed by atoms with Crippen LogP contribution >= 0.6 is 11.6 Å². The maximum atomic E-state index is 6.12. The lowest BCUT2D eigenvalue weighted by Gasteiger charge is -2.08. The van der Waals surface area contributed by atoms with E-state index in [1.807, 2.05) is 37.4 Å². The summed E-state index contributed by atoms with van der Waals surface area (Å²) in [5, 5.41) is 6.37. The molecule has 2 aromatic heterocycles. The lowest BCUT2D eigenvalue weighted by atomic mass is 10.1. The number of hydrogen-bond donors (Lipinski definition) is 2. The van der Waals surface area contributed by atoms with Crippen LogP contribution in [0.1, 0.15) is 5.56 Å². The maximum absolute atomic E-state index is 6.12. The van der Waals surface area contributed by atoms with E-state index in [0.29, 0.717) is 5.02 Å². The molecule has 0 radical (unpaired) electrons. The number of hydrogen-bond acceptors (Lipinski definition) is 2. The molecule has 0 spiro atoms. The highest BCUT2D eigenvalue weighted by Gasteiger charge is 2.04. The molecule has 0 aliphatic heterocycles. The van der Waals surface area contributed by atoms with Crippen LogP contribution in [-0.4, -0.2) is 9.97 Å². The molecule has 0 aliphatic rings. The van der Waals surface area contributed by atoms with Crippen molar-refractivity contribution in [3.05, 3.63) is 65.3 Å². The Hall–Kier alpha value is -2.52. The number of rotatable bonds is 2. The summed E-state index contributed by atoms with van der Waals surface area (Å²) in [6, 6.07) is 16.2. The SMILES string of the molecule is Cc1cc(Cl)cc2nc(Nc3ccc4cc[nH]c4c3)ccc12. The van der Waals surface area contributed by atoms with Crippen LogP contribution in [0.2, 0.25) is 5.02 Å². The number of nitrogens with zero attached hydrogens (tertiary/aromatic N) is 1. The Balaban J connectivity index is 1.74. The van der Waals surface area contributed by atoms with Gasteiger partial charge in [-0.1, -0.05) is 17.7 Å². The van der Waals surface area contributed by atoms with Gasteiger partial charge >= 0.3 is 0 Å². The molecule has 4 heteroatoms. The first kappa shape index (κ1) is 13.2. The van der Waals surface area contributed by atoms with Crippen LogP contribution < -0.4 is 5.32 Å². The molecular formula is C18H14ClN3. The van der Waals surface area contributed by atoms with Crippen molar-refractivity contribution in [2.75, 3.05) is 5.32 Å². The minimum atomic E-state index is 0.711. The third-order valence-corrected chi connectivity index (χ3v) is 4.02. The van der Waals surface area contributed by atoms with Gasteiger partial charge in [-0.25, -0.2) is 4.98 Å². The fraction of sp³-hybridized carbons (Fsp3) is 0.0556. The van der Waals surface area contributed by atoms with Crippen molar-refractivity contribution in [1.82, 2.24) is 9.97 Å². The normalized spacial score (nSPS) is 11.2. The summed E-state index contributed by atoms with van der Waals surface area (Å²) in [7, 11) is 0. The molecular weight excluding hydrogens is 294 g/mol. The molecule has 0 aliphatic carbocycles. The first-order chi connectivity index (χ1) is 10.7. The van der Waals surface area contributed by atoms with Crippen LogP contribution in [-0.2, 0) is 0 Å². The molecule has 0 fully saturated rings. The van der Waals surface area contributed by atoms with Gasteiger partial charge in [0.1, 0.15) is 5.82 Å². The number of halogens is 1. The van der Waals surface area contributed by atoms with E-state index in [2.05, 4.69) is 39.6 Å². The molecule has 2 heterocycles. The summed E-state index contributed by atoms with van der Waals surface area (Å²) in [5.41, 5.74) is 4.13. The molecule has 0 saturated carbocycles. The molecule has 4 aromatic rings. The minimum Gasteiger partial charge on any atom is -0.361 e. The van der Waals surface area contributed by atoms with Crippen molar-refractivity contribution in [1.29, 1.82) is 0 Å². The fourth-order valence-corrected chi connectivity index (χ4v) is 2.99.